The summed E-state index contributed by atoms with van der Waals surface area (Å²) in [4.78, 5) is 21.4. The Hall–Kier alpha value is -3.47. The molecule has 0 spiro atoms. The van der Waals surface area contributed by atoms with Gasteiger partial charge in [0.2, 0.25) is 6.54 Å². The summed E-state index contributed by atoms with van der Waals surface area (Å²) in [6.45, 7) is 3.82. The number of rotatable bonds is 9. The molecule has 0 fully saturated rings. The number of nitro benzene ring substituents is 1. The monoisotopic (exact) mass is 429 g/mol. The summed E-state index contributed by atoms with van der Waals surface area (Å²) < 4.78 is 7.24. The predicted molar refractivity (Wildman–Crippen MR) is 111 cm³/mol. The third kappa shape index (κ3) is 4.92. The van der Waals surface area contributed by atoms with E-state index in [0.717, 1.165) is 23.2 Å². The van der Waals surface area contributed by atoms with E-state index in [9.17, 15) is 20.2 Å². The Bertz CT molecular complexity index is 1050. The molecule has 1 atom stereocenters. The molecule has 3 aromatic rings. The minimum atomic E-state index is -0.676. The molecule has 0 aliphatic carbocycles. The van der Waals surface area contributed by atoms with Gasteiger partial charge >= 0.3 is 0 Å². The second kappa shape index (κ2) is 9.35. The van der Waals surface area contributed by atoms with Crippen molar-refractivity contribution in [2.45, 2.75) is 24.3 Å². The largest absolute Gasteiger partial charge is 0.494 e. The van der Waals surface area contributed by atoms with Crippen molar-refractivity contribution in [1.29, 1.82) is 0 Å². The predicted octanol–water partition coefficient (Wildman–Crippen LogP) is 3.99. The van der Waals surface area contributed by atoms with Gasteiger partial charge in [-0.1, -0.05) is 23.9 Å². The highest BCUT2D eigenvalue weighted by atomic mass is 32.2. The molecular formula is C19H19N5O5S. The molecule has 2 aromatic carbocycles. The SMILES string of the molecule is CCOc1ccc(-n2c(C)nnc2S[C@H](C[N+](=O)[O-])c2cccc([N+](=O)[O-])c2)cc1. The number of nitrogens with zero attached hydrogens (tertiary/aromatic N) is 5. The van der Waals surface area contributed by atoms with Gasteiger partial charge in [0, 0.05) is 22.7 Å². The van der Waals surface area contributed by atoms with E-state index in [4.69, 9.17) is 4.74 Å². The van der Waals surface area contributed by atoms with Crippen molar-refractivity contribution in [3.05, 3.63) is 80.1 Å². The minimum absolute atomic E-state index is 0.120. The standard InChI is InChI=1S/C19H19N5O5S/c1-3-29-17-9-7-15(8-10-17)23-13(2)20-21-19(23)30-18(12-22(25)26)14-5-4-6-16(11-14)24(27)28/h4-11,18H,3,12H2,1-2H3/t18-/m1/s1. The zero-order valence-corrected chi connectivity index (χ0v) is 17.1. The van der Waals surface area contributed by atoms with Crippen LogP contribution in [0.4, 0.5) is 5.69 Å². The van der Waals surface area contributed by atoms with E-state index in [0.29, 0.717) is 23.2 Å². The van der Waals surface area contributed by atoms with E-state index in [-0.39, 0.29) is 5.69 Å². The molecule has 0 aliphatic heterocycles. The Balaban J connectivity index is 1.95. The van der Waals surface area contributed by atoms with E-state index in [1.807, 2.05) is 31.2 Å². The summed E-state index contributed by atoms with van der Waals surface area (Å²) in [5.41, 5.74) is 1.14. The highest BCUT2D eigenvalue weighted by Gasteiger charge is 2.25. The summed E-state index contributed by atoms with van der Waals surface area (Å²) in [6, 6.07) is 13.2. The number of thioether (sulfide) groups is 1. The average Bonchev–Trinajstić information content (AvgIpc) is 3.08. The van der Waals surface area contributed by atoms with Crippen LogP contribution in [0, 0.1) is 27.2 Å². The van der Waals surface area contributed by atoms with Crippen molar-refractivity contribution in [2.75, 3.05) is 13.2 Å². The van der Waals surface area contributed by atoms with Gasteiger partial charge < -0.3 is 4.74 Å². The fourth-order valence-corrected chi connectivity index (χ4v) is 4.05. The lowest BCUT2D eigenvalue weighted by molar-refractivity contribution is -0.479. The third-order valence-corrected chi connectivity index (χ3v) is 5.40. The molecule has 30 heavy (non-hydrogen) atoms. The minimum Gasteiger partial charge on any atom is -0.494 e. The molecule has 0 radical (unpaired) electrons. The van der Waals surface area contributed by atoms with Crippen LogP contribution in [-0.2, 0) is 0 Å². The van der Waals surface area contributed by atoms with E-state index in [1.54, 1.807) is 17.6 Å². The molecule has 0 bridgehead atoms. The fraction of sp³-hybridized carbons (Fsp3) is 0.263. The number of hydrogen-bond donors (Lipinski definition) is 0. The summed E-state index contributed by atoms with van der Waals surface area (Å²) >= 11 is 1.14. The van der Waals surface area contributed by atoms with Crippen molar-refractivity contribution >= 4 is 17.4 Å². The van der Waals surface area contributed by atoms with Crippen molar-refractivity contribution in [3.63, 3.8) is 0 Å². The van der Waals surface area contributed by atoms with Crippen LogP contribution in [0.15, 0.2) is 53.7 Å². The van der Waals surface area contributed by atoms with Gasteiger partial charge in [0.1, 0.15) is 16.8 Å². The van der Waals surface area contributed by atoms with Crippen LogP contribution in [0.1, 0.15) is 23.6 Å². The zero-order valence-electron chi connectivity index (χ0n) is 16.3. The Morgan fingerprint density at radius 3 is 2.50 bits per heavy atom. The number of benzene rings is 2. The number of non-ortho nitro benzene ring substituents is 1. The van der Waals surface area contributed by atoms with Crippen molar-refractivity contribution in [3.8, 4) is 11.4 Å². The van der Waals surface area contributed by atoms with Gasteiger partial charge in [-0.25, -0.2) is 0 Å². The Morgan fingerprint density at radius 2 is 1.87 bits per heavy atom. The first kappa shape index (κ1) is 21.2. The third-order valence-electron chi connectivity index (χ3n) is 4.22. The second-order valence-corrected chi connectivity index (χ2v) is 7.44. The molecular weight excluding hydrogens is 410 g/mol. The number of aryl methyl sites for hydroxylation is 1. The lowest BCUT2D eigenvalue weighted by atomic mass is 10.1. The summed E-state index contributed by atoms with van der Waals surface area (Å²) in [7, 11) is 0. The first-order valence-electron chi connectivity index (χ1n) is 9.07. The molecule has 0 amide bonds. The van der Waals surface area contributed by atoms with Gasteiger partial charge in [0.05, 0.1) is 11.5 Å². The lowest BCUT2D eigenvalue weighted by Crippen LogP contribution is -2.11. The van der Waals surface area contributed by atoms with Crippen LogP contribution in [-0.4, -0.2) is 37.8 Å². The molecule has 0 N–H and O–H groups in total. The van der Waals surface area contributed by atoms with Gasteiger partial charge in [0.25, 0.3) is 5.69 Å². The fourth-order valence-electron chi connectivity index (χ4n) is 2.89. The number of aromatic nitrogens is 3. The molecule has 0 saturated carbocycles. The first-order valence-corrected chi connectivity index (χ1v) is 9.95. The highest BCUT2D eigenvalue weighted by Crippen LogP contribution is 2.37. The van der Waals surface area contributed by atoms with E-state index in [1.165, 1.54) is 18.2 Å². The van der Waals surface area contributed by atoms with E-state index in [2.05, 4.69) is 10.2 Å². The molecule has 10 nitrogen and oxygen atoms in total. The molecule has 11 heteroatoms. The molecule has 156 valence electrons. The zero-order chi connectivity index (χ0) is 21.7. The highest BCUT2D eigenvalue weighted by molar-refractivity contribution is 7.99. The molecule has 1 heterocycles. The van der Waals surface area contributed by atoms with Gasteiger partial charge in [0.15, 0.2) is 5.16 Å². The van der Waals surface area contributed by atoms with Crippen LogP contribution >= 0.6 is 11.8 Å². The van der Waals surface area contributed by atoms with Crippen LogP contribution in [0.25, 0.3) is 5.69 Å². The Labute approximate surface area is 176 Å². The van der Waals surface area contributed by atoms with E-state index < -0.39 is 21.6 Å². The van der Waals surface area contributed by atoms with Crippen LogP contribution in [0.3, 0.4) is 0 Å². The normalized spacial score (nSPS) is 11.8. The molecule has 1 aromatic heterocycles. The second-order valence-electron chi connectivity index (χ2n) is 6.27. The maximum Gasteiger partial charge on any atom is 0.269 e. The smallest absolute Gasteiger partial charge is 0.269 e. The quantitative estimate of drug-likeness (QED) is 0.284. The number of nitro groups is 2. The van der Waals surface area contributed by atoms with Gasteiger partial charge in [-0.05, 0) is 43.7 Å². The van der Waals surface area contributed by atoms with Gasteiger partial charge in [-0.2, -0.15) is 0 Å². The maximum atomic E-state index is 11.3. The average molecular weight is 429 g/mol. The van der Waals surface area contributed by atoms with Crippen molar-refractivity contribution in [2.24, 2.45) is 0 Å². The van der Waals surface area contributed by atoms with Gasteiger partial charge in [-0.3, -0.25) is 24.8 Å². The molecule has 0 aliphatic rings. The lowest BCUT2D eigenvalue weighted by Gasteiger charge is -2.14. The first-order chi connectivity index (χ1) is 14.4. The Morgan fingerprint density at radius 1 is 1.13 bits per heavy atom. The summed E-state index contributed by atoms with van der Waals surface area (Å²) in [5.74, 6) is 1.34. The maximum absolute atomic E-state index is 11.3. The molecule has 3 rings (SSSR count). The summed E-state index contributed by atoms with van der Waals surface area (Å²) in [5, 5.41) is 30.4. The van der Waals surface area contributed by atoms with Crippen LogP contribution in [0.5, 0.6) is 5.75 Å². The van der Waals surface area contributed by atoms with E-state index >= 15 is 0 Å². The van der Waals surface area contributed by atoms with Crippen molar-refractivity contribution in [1.82, 2.24) is 14.8 Å². The molecule has 0 unspecified atom stereocenters. The van der Waals surface area contributed by atoms with Crippen LogP contribution < -0.4 is 4.74 Å². The summed E-state index contributed by atoms with van der Waals surface area (Å²) in [6.07, 6.45) is 0. The topological polar surface area (TPSA) is 126 Å². The Kier molecular flexibility index (Phi) is 6.62. The van der Waals surface area contributed by atoms with Gasteiger partial charge in [-0.15, -0.1) is 10.2 Å². The molecule has 0 saturated heterocycles. The van der Waals surface area contributed by atoms with Crippen LogP contribution in [0.2, 0.25) is 0 Å². The number of ether oxygens (including phenoxy) is 1. The van der Waals surface area contributed by atoms with Crippen molar-refractivity contribution < 1.29 is 14.6 Å². The number of hydrogen-bond acceptors (Lipinski definition) is 8.